The standard InChI is InChI=1S/C38H80N.C6H6O3S/c1-5-7-9-11-13-15-17-19-21-23-25-27-29-31-33-35-37-39(3,4)38-36-34-32-30-28-26-24-22-20-18-16-14-12-10-8-6-2;7-10(8,9)6-4-2-1-3-5-6/h5-38H2,1-4H3;1-5H,(H,7,8,9)/q+1;/p-1. The lowest BCUT2D eigenvalue weighted by Crippen LogP contribution is -2.41. The Morgan fingerprint density at radius 1 is 0.408 bits per heavy atom. The Morgan fingerprint density at radius 2 is 0.633 bits per heavy atom. The highest BCUT2D eigenvalue weighted by molar-refractivity contribution is 7.85. The Hall–Kier alpha value is -0.910. The van der Waals surface area contributed by atoms with Gasteiger partial charge >= 0.3 is 0 Å². The van der Waals surface area contributed by atoms with Gasteiger partial charge in [-0.1, -0.05) is 212 Å². The second-order valence-corrected chi connectivity index (χ2v) is 17.1. The van der Waals surface area contributed by atoms with E-state index >= 15 is 0 Å². The van der Waals surface area contributed by atoms with Gasteiger partial charge in [0, 0.05) is 0 Å². The van der Waals surface area contributed by atoms with Crippen LogP contribution in [0.2, 0.25) is 0 Å². The molecule has 0 saturated carbocycles. The molecular formula is C44H85NO3S. The van der Waals surface area contributed by atoms with Crippen molar-refractivity contribution < 1.29 is 17.5 Å². The molecule has 1 aromatic carbocycles. The van der Waals surface area contributed by atoms with Crippen molar-refractivity contribution in [1.82, 2.24) is 0 Å². The van der Waals surface area contributed by atoms with Crippen LogP contribution in [-0.4, -0.2) is 44.6 Å². The molecule has 49 heavy (non-hydrogen) atoms. The van der Waals surface area contributed by atoms with E-state index in [1.54, 1.807) is 6.07 Å². The summed E-state index contributed by atoms with van der Waals surface area (Å²) in [5.74, 6) is 0. The van der Waals surface area contributed by atoms with Gasteiger partial charge in [0.1, 0.15) is 10.1 Å². The van der Waals surface area contributed by atoms with Gasteiger partial charge in [-0.15, -0.1) is 0 Å². The maximum Gasteiger partial charge on any atom is 0.124 e. The first kappa shape index (κ1) is 48.1. The second-order valence-electron chi connectivity index (χ2n) is 15.8. The summed E-state index contributed by atoms with van der Waals surface area (Å²) >= 11 is 0. The Bertz CT molecular complexity index is 849. The van der Waals surface area contributed by atoms with E-state index in [0.717, 1.165) is 0 Å². The first-order valence-corrected chi connectivity index (χ1v) is 23.0. The molecule has 0 radical (unpaired) electrons. The van der Waals surface area contributed by atoms with Crippen LogP contribution in [0.4, 0.5) is 0 Å². The highest BCUT2D eigenvalue weighted by Crippen LogP contribution is 2.16. The second kappa shape index (κ2) is 35.5. The zero-order valence-corrected chi connectivity index (χ0v) is 34.3. The molecule has 5 heteroatoms. The molecule has 1 aromatic rings. The van der Waals surface area contributed by atoms with Gasteiger partial charge in [-0.3, -0.25) is 0 Å². The summed E-state index contributed by atoms with van der Waals surface area (Å²) in [6, 6.07) is 7.19. The average molecular weight is 708 g/mol. The van der Waals surface area contributed by atoms with Gasteiger partial charge < -0.3 is 9.04 Å². The largest absolute Gasteiger partial charge is 0.744 e. The van der Waals surface area contributed by atoms with Crippen LogP contribution >= 0.6 is 0 Å². The Balaban J connectivity index is 0.00000195. The van der Waals surface area contributed by atoms with E-state index in [1.807, 2.05) is 0 Å². The Kier molecular flexibility index (Phi) is 34.8. The molecule has 1 rings (SSSR count). The Labute approximate surface area is 308 Å². The van der Waals surface area contributed by atoms with Crippen LogP contribution in [-0.2, 0) is 10.1 Å². The van der Waals surface area contributed by atoms with Crippen LogP contribution in [0, 0.1) is 0 Å². The predicted molar refractivity (Wildman–Crippen MR) is 215 cm³/mol. The predicted octanol–water partition coefficient (Wildman–Crippen LogP) is 14.2. The summed E-state index contributed by atoms with van der Waals surface area (Å²) in [5, 5.41) is 0. The SMILES string of the molecule is CCCCCCCCCCCCCCCCCC[N+](C)(C)CCCCCCCCCCCCCCCCCC.O=S(=O)([O-])c1ccccc1. The number of nitrogens with zero attached hydrogens (tertiary/aromatic N) is 1. The van der Waals surface area contributed by atoms with Gasteiger partial charge in [0.05, 0.1) is 32.1 Å². The van der Waals surface area contributed by atoms with Crippen LogP contribution in [0.3, 0.4) is 0 Å². The van der Waals surface area contributed by atoms with Crippen molar-refractivity contribution in [3.8, 4) is 0 Å². The van der Waals surface area contributed by atoms with E-state index in [9.17, 15) is 13.0 Å². The van der Waals surface area contributed by atoms with E-state index in [2.05, 4.69) is 27.9 Å². The van der Waals surface area contributed by atoms with Crippen molar-refractivity contribution in [2.45, 2.75) is 224 Å². The molecule has 0 N–H and O–H groups in total. The summed E-state index contributed by atoms with van der Waals surface area (Å²) in [7, 11) is 0.685. The zero-order chi connectivity index (χ0) is 36.2. The normalized spacial score (nSPS) is 11.9. The summed E-state index contributed by atoms with van der Waals surface area (Å²) in [6.07, 6.45) is 46.9. The van der Waals surface area contributed by atoms with Gasteiger partial charge in [0.25, 0.3) is 0 Å². The van der Waals surface area contributed by atoms with Crippen LogP contribution in [0.1, 0.15) is 219 Å². The van der Waals surface area contributed by atoms with E-state index < -0.39 is 10.1 Å². The Morgan fingerprint density at radius 3 is 0.837 bits per heavy atom. The fourth-order valence-corrected chi connectivity index (χ4v) is 7.37. The van der Waals surface area contributed by atoms with Crippen LogP contribution < -0.4 is 0 Å². The first-order valence-electron chi connectivity index (χ1n) is 21.6. The van der Waals surface area contributed by atoms with Crippen molar-refractivity contribution in [2.75, 3.05) is 27.2 Å². The van der Waals surface area contributed by atoms with Crippen molar-refractivity contribution in [1.29, 1.82) is 0 Å². The molecule has 0 aliphatic rings. The fraction of sp³-hybridized carbons (Fsp3) is 0.864. The highest BCUT2D eigenvalue weighted by atomic mass is 32.2. The summed E-state index contributed by atoms with van der Waals surface area (Å²) in [5.41, 5.74) is 0. The van der Waals surface area contributed by atoms with Gasteiger partial charge in [-0.05, 0) is 37.8 Å². The lowest BCUT2D eigenvalue weighted by atomic mass is 10.0. The third-order valence-electron chi connectivity index (χ3n) is 10.3. The molecule has 0 amide bonds. The first-order chi connectivity index (χ1) is 23.7. The molecule has 0 atom stereocenters. The van der Waals surface area contributed by atoms with Gasteiger partial charge in [-0.2, -0.15) is 0 Å². The maximum absolute atomic E-state index is 10.3. The van der Waals surface area contributed by atoms with E-state index in [0.29, 0.717) is 0 Å². The molecule has 0 aromatic heterocycles. The maximum atomic E-state index is 10.3. The monoisotopic (exact) mass is 708 g/mol. The van der Waals surface area contributed by atoms with Crippen LogP contribution in [0.15, 0.2) is 35.2 Å². The summed E-state index contributed by atoms with van der Waals surface area (Å²) < 4.78 is 32.1. The topological polar surface area (TPSA) is 57.2 Å². The number of hydrogen-bond donors (Lipinski definition) is 0. The molecule has 0 fully saturated rings. The van der Waals surface area contributed by atoms with E-state index in [1.165, 1.54) is 247 Å². The number of benzene rings is 1. The zero-order valence-electron chi connectivity index (χ0n) is 33.5. The molecule has 0 aliphatic carbocycles. The van der Waals surface area contributed by atoms with Crippen molar-refractivity contribution in [3.05, 3.63) is 30.3 Å². The third kappa shape index (κ3) is 36.7. The summed E-state index contributed by atoms with van der Waals surface area (Å²) in [4.78, 5) is -0.185. The van der Waals surface area contributed by atoms with Crippen LogP contribution in [0.5, 0.6) is 0 Å². The fourth-order valence-electron chi connectivity index (χ4n) is 6.87. The molecule has 4 nitrogen and oxygen atoms in total. The lowest BCUT2D eigenvalue weighted by Gasteiger charge is -2.30. The van der Waals surface area contributed by atoms with Gasteiger partial charge in [0.15, 0.2) is 0 Å². The number of hydrogen-bond acceptors (Lipinski definition) is 3. The molecule has 0 spiro atoms. The van der Waals surface area contributed by atoms with Crippen molar-refractivity contribution in [3.63, 3.8) is 0 Å². The summed E-state index contributed by atoms with van der Waals surface area (Å²) in [6.45, 7) is 7.39. The van der Waals surface area contributed by atoms with E-state index in [4.69, 9.17) is 0 Å². The number of unbranched alkanes of at least 4 members (excludes halogenated alkanes) is 30. The minimum atomic E-state index is -4.25. The minimum absolute atomic E-state index is 0.185. The average Bonchev–Trinajstić information content (AvgIpc) is 3.08. The van der Waals surface area contributed by atoms with Crippen LogP contribution in [0.25, 0.3) is 0 Å². The quantitative estimate of drug-likeness (QED) is 0.0401. The molecule has 0 bridgehead atoms. The van der Waals surface area contributed by atoms with Gasteiger partial charge in [0.2, 0.25) is 0 Å². The third-order valence-corrected chi connectivity index (χ3v) is 11.1. The molecule has 0 unspecified atom stereocenters. The lowest BCUT2D eigenvalue weighted by molar-refractivity contribution is -0.890. The molecule has 290 valence electrons. The number of quaternary nitrogens is 1. The smallest absolute Gasteiger partial charge is 0.124 e. The van der Waals surface area contributed by atoms with Gasteiger partial charge in [-0.25, -0.2) is 8.42 Å². The molecule has 0 saturated heterocycles. The van der Waals surface area contributed by atoms with E-state index in [-0.39, 0.29) is 4.90 Å². The highest BCUT2D eigenvalue weighted by Gasteiger charge is 2.13. The minimum Gasteiger partial charge on any atom is -0.744 e. The molecule has 0 heterocycles. The van der Waals surface area contributed by atoms with Crippen molar-refractivity contribution >= 4 is 10.1 Å². The number of rotatable bonds is 35. The van der Waals surface area contributed by atoms with Crippen molar-refractivity contribution in [2.24, 2.45) is 0 Å². The molecular weight excluding hydrogens is 623 g/mol. The molecule has 0 aliphatic heterocycles.